The predicted molar refractivity (Wildman–Crippen MR) is 82.1 cm³/mol. The number of nitrogens with zero attached hydrogens (tertiary/aromatic N) is 3. The number of halogens is 1. The van der Waals surface area contributed by atoms with Gasteiger partial charge in [0.15, 0.2) is 5.65 Å². The van der Waals surface area contributed by atoms with Gasteiger partial charge in [0, 0.05) is 11.8 Å². The van der Waals surface area contributed by atoms with Crippen LogP contribution in [-0.4, -0.2) is 27.2 Å². The van der Waals surface area contributed by atoms with Crippen LogP contribution in [0.1, 0.15) is 17.3 Å². The van der Waals surface area contributed by atoms with Gasteiger partial charge in [0.25, 0.3) is 0 Å². The van der Waals surface area contributed by atoms with Crippen molar-refractivity contribution in [1.29, 1.82) is 0 Å². The van der Waals surface area contributed by atoms with Crippen LogP contribution in [0.15, 0.2) is 47.2 Å². The summed E-state index contributed by atoms with van der Waals surface area (Å²) in [6.07, 6.45) is 3.26. The molecule has 3 aromatic rings. The first-order valence-corrected chi connectivity index (χ1v) is 7.26. The van der Waals surface area contributed by atoms with Crippen LogP contribution in [-0.2, 0) is 4.74 Å². The number of fused-ring (bicyclic) bond motifs is 1. The predicted octanol–water partition coefficient (Wildman–Crippen LogP) is 3.34. The Bertz CT molecular complexity index is 799. The molecule has 1 aromatic carbocycles. The van der Waals surface area contributed by atoms with E-state index in [9.17, 15) is 4.79 Å². The molecular formula is C15H12BrN3O2. The highest BCUT2D eigenvalue weighted by Gasteiger charge is 2.17. The van der Waals surface area contributed by atoms with Crippen LogP contribution in [0.2, 0.25) is 0 Å². The van der Waals surface area contributed by atoms with Gasteiger partial charge in [-0.3, -0.25) is 0 Å². The summed E-state index contributed by atoms with van der Waals surface area (Å²) in [5.41, 5.74) is 2.56. The van der Waals surface area contributed by atoms with Gasteiger partial charge < -0.3 is 4.74 Å². The molecule has 6 heteroatoms. The van der Waals surface area contributed by atoms with Gasteiger partial charge in [0.05, 0.1) is 23.0 Å². The van der Waals surface area contributed by atoms with E-state index in [1.807, 2.05) is 30.3 Å². The van der Waals surface area contributed by atoms with E-state index in [0.717, 1.165) is 15.7 Å². The SMILES string of the molecule is CCOC(=O)c1cnn2cc(Br)c(-c3ccccc3)nc12. The molecule has 0 spiro atoms. The Balaban J connectivity index is 2.17. The molecule has 0 aliphatic heterocycles. The number of carbonyl (C=O) groups excluding carboxylic acids is 1. The van der Waals surface area contributed by atoms with Crippen LogP contribution in [0.5, 0.6) is 0 Å². The normalized spacial score (nSPS) is 10.8. The lowest BCUT2D eigenvalue weighted by atomic mass is 10.1. The number of hydrogen-bond acceptors (Lipinski definition) is 4. The minimum atomic E-state index is -0.415. The van der Waals surface area contributed by atoms with E-state index in [0.29, 0.717) is 17.8 Å². The third kappa shape index (κ3) is 2.54. The molecule has 0 atom stereocenters. The van der Waals surface area contributed by atoms with E-state index in [-0.39, 0.29) is 0 Å². The second-order valence-corrected chi connectivity index (χ2v) is 5.20. The molecule has 0 aliphatic carbocycles. The summed E-state index contributed by atoms with van der Waals surface area (Å²) >= 11 is 3.49. The molecule has 2 heterocycles. The van der Waals surface area contributed by atoms with E-state index in [4.69, 9.17) is 4.74 Å². The Morgan fingerprint density at radius 3 is 2.81 bits per heavy atom. The maximum Gasteiger partial charge on any atom is 0.343 e. The molecule has 0 unspecified atom stereocenters. The van der Waals surface area contributed by atoms with Crippen LogP contribution in [0.25, 0.3) is 16.9 Å². The summed E-state index contributed by atoms with van der Waals surface area (Å²) in [6, 6.07) is 9.75. The monoisotopic (exact) mass is 345 g/mol. The molecule has 0 fully saturated rings. The van der Waals surface area contributed by atoms with Gasteiger partial charge >= 0.3 is 5.97 Å². The highest BCUT2D eigenvalue weighted by molar-refractivity contribution is 9.10. The Kier molecular flexibility index (Phi) is 3.70. The number of ether oxygens (including phenoxy) is 1. The molecule has 0 aliphatic rings. The summed E-state index contributed by atoms with van der Waals surface area (Å²) in [5.74, 6) is -0.415. The largest absolute Gasteiger partial charge is 0.462 e. The van der Waals surface area contributed by atoms with Gasteiger partial charge in [0.2, 0.25) is 0 Å². The van der Waals surface area contributed by atoms with E-state index in [1.165, 1.54) is 6.20 Å². The van der Waals surface area contributed by atoms with E-state index in [1.54, 1.807) is 17.6 Å². The third-order valence-electron chi connectivity index (χ3n) is 2.99. The summed E-state index contributed by atoms with van der Waals surface area (Å²) in [5, 5.41) is 4.14. The smallest absolute Gasteiger partial charge is 0.343 e. The Hall–Kier alpha value is -2.21. The Labute approximate surface area is 129 Å². The first-order valence-electron chi connectivity index (χ1n) is 6.47. The lowest BCUT2D eigenvalue weighted by molar-refractivity contribution is 0.0528. The van der Waals surface area contributed by atoms with Crippen molar-refractivity contribution in [1.82, 2.24) is 14.6 Å². The van der Waals surface area contributed by atoms with Gasteiger partial charge in [-0.15, -0.1) is 0 Å². The van der Waals surface area contributed by atoms with Crippen LogP contribution in [0.4, 0.5) is 0 Å². The van der Waals surface area contributed by atoms with Crippen molar-refractivity contribution < 1.29 is 9.53 Å². The maximum absolute atomic E-state index is 11.9. The zero-order valence-electron chi connectivity index (χ0n) is 11.3. The fraction of sp³-hybridized carbons (Fsp3) is 0.133. The second-order valence-electron chi connectivity index (χ2n) is 4.35. The van der Waals surface area contributed by atoms with Gasteiger partial charge in [0.1, 0.15) is 5.56 Å². The minimum absolute atomic E-state index is 0.318. The van der Waals surface area contributed by atoms with Gasteiger partial charge in [-0.05, 0) is 22.9 Å². The molecule has 0 saturated carbocycles. The van der Waals surface area contributed by atoms with Crippen molar-refractivity contribution in [2.75, 3.05) is 6.61 Å². The molecule has 5 nitrogen and oxygen atoms in total. The molecule has 0 amide bonds. The van der Waals surface area contributed by atoms with Crippen LogP contribution in [0.3, 0.4) is 0 Å². The minimum Gasteiger partial charge on any atom is -0.462 e. The average molecular weight is 346 g/mol. The standard InChI is InChI=1S/C15H12BrN3O2/c1-2-21-15(20)11-8-17-19-9-12(16)13(18-14(11)19)10-6-4-3-5-7-10/h3-9H,2H2,1H3. The van der Waals surface area contributed by atoms with E-state index >= 15 is 0 Å². The van der Waals surface area contributed by atoms with Crippen LogP contribution >= 0.6 is 15.9 Å². The molecule has 2 aromatic heterocycles. The molecule has 0 bridgehead atoms. The highest BCUT2D eigenvalue weighted by Crippen LogP contribution is 2.27. The number of aromatic nitrogens is 3. The van der Waals surface area contributed by atoms with E-state index < -0.39 is 5.97 Å². The van der Waals surface area contributed by atoms with Crippen molar-refractivity contribution in [2.45, 2.75) is 6.92 Å². The molecule has 0 radical (unpaired) electrons. The van der Waals surface area contributed by atoms with Crippen molar-refractivity contribution in [3.63, 3.8) is 0 Å². The molecule has 0 saturated heterocycles. The van der Waals surface area contributed by atoms with Gasteiger partial charge in [-0.25, -0.2) is 14.3 Å². The first kappa shape index (κ1) is 13.8. The lowest BCUT2D eigenvalue weighted by Crippen LogP contribution is -2.05. The van der Waals surface area contributed by atoms with E-state index in [2.05, 4.69) is 26.0 Å². The Morgan fingerprint density at radius 2 is 2.10 bits per heavy atom. The maximum atomic E-state index is 11.9. The van der Waals surface area contributed by atoms with Gasteiger partial charge in [-0.2, -0.15) is 5.10 Å². The average Bonchev–Trinajstić information content (AvgIpc) is 2.90. The molecule has 3 rings (SSSR count). The molecular weight excluding hydrogens is 334 g/mol. The fourth-order valence-electron chi connectivity index (χ4n) is 2.04. The quantitative estimate of drug-likeness (QED) is 0.683. The number of benzene rings is 1. The Morgan fingerprint density at radius 1 is 1.33 bits per heavy atom. The number of carbonyl (C=O) groups is 1. The highest BCUT2D eigenvalue weighted by atomic mass is 79.9. The summed E-state index contributed by atoms with van der Waals surface area (Å²) < 4.78 is 7.39. The van der Waals surface area contributed by atoms with Crippen molar-refractivity contribution in [2.24, 2.45) is 0 Å². The molecule has 21 heavy (non-hydrogen) atoms. The van der Waals surface area contributed by atoms with Crippen molar-refractivity contribution >= 4 is 27.5 Å². The van der Waals surface area contributed by atoms with Gasteiger partial charge in [-0.1, -0.05) is 30.3 Å². The number of esters is 1. The zero-order valence-corrected chi connectivity index (χ0v) is 12.9. The van der Waals surface area contributed by atoms with Crippen molar-refractivity contribution in [3.05, 3.63) is 52.8 Å². The molecule has 106 valence electrons. The first-order chi connectivity index (χ1) is 10.2. The second kappa shape index (κ2) is 5.65. The summed E-state index contributed by atoms with van der Waals surface area (Å²) in [4.78, 5) is 16.5. The topological polar surface area (TPSA) is 56.5 Å². The van der Waals surface area contributed by atoms with Crippen molar-refractivity contribution in [3.8, 4) is 11.3 Å². The third-order valence-corrected chi connectivity index (χ3v) is 3.57. The molecule has 0 N–H and O–H groups in total. The van der Waals surface area contributed by atoms with Crippen LogP contribution < -0.4 is 0 Å². The van der Waals surface area contributed by atoms with Crippen LogP contribution in [0, 0.1) is 0 Å². The number of rotatable bonds is 3. The lowest BCUT2D eigenvalue weighted by Gasteiger charge is -2.05. The summed E-state index contributed by atoms with van der Waals surface area (Å²) in [6.45, 7) is 2.08. The number of hydrogen-bond donors (Lipinski definition) is 0. The zero-order chi connectivity index (χ0) is 14.8. The summed E-state index contributed by atoms with van der Waals surface area (Å²) in [7, 11) is 0. The fourth-order valence-corrected chi connectivity index (χ4v) is 2.55.